The Kier molecular flexibility index (Phi) is 6.25. The molecule has 0 saturated carbocycles. The summed E-state index contributed by atoms with van der Waals surface area (Å²) in [5.74, 6) is -3.55. The van der Waals surface area contributed by atoms with Gasteiger partial charge in [-0.2, -0.15) is 0 Å². The Balaban J connectivity index is 4.29. The molecular formula is C11H23F2N. The van der Waals surface area contributed by atoms with E-state index in [1.165, 1.54) is 0 Å². The van der Waals surface area contributed by atoms with Gasteiger partial charge in [-0.25, -0.2) is 8.78 Å². The minimum absolute atomic E-state index is 0.472. The predicted octanol–water partition coefficient (Wildman–Crippen LogP) is 3.30. The third-order valence-corrected chi connectivity index (χ3v) is 2.69. The van der Waals surface area contributed by atoms with Gasteiger partial charge in [-0.1, -0.05) is 27.2 Å². The first-order valence-corrected chi connectivity index (χ1v) is 5.49. The Labute approximate surface area is 86.3 Å². The summed E-state index contributed by atoms with van der Waals surface area (Å²) in [5, 5.41) is 2.93. The van der Waals surface area contributed by atoms with Crippen LogP contribution >= 0.6 is 0 Å². The maximum atomic E-state index is 13.7. The predicted molar refractivity (Wildman–Crippen MR) is 56.7 cm³/mol. The second-order valence-electron chi connectivity index (χ2n) is 4.21. The molecule has 3 heteroatoms. The molecule has 0 heterocycles. The molecule has 0 amide bonds. The molecule has 0 saturated heterocycles. The summed E-state index contributed by atoms with van der Waals surface area (Å²) in [5.41, 5.74) is 0. The minimum Gasteiger partial charge on any atom is -0.320 e. The van der Waals surface area contributed by atoms with Crippen molar-refractivity contribution in [3.8, 4) is 0 Å². The minimum atomic E-state index is -2.52. The van der Waals surface area contributed by atoms with E-state index in [1.54, 1.807) is 20.9 Å². The number of hydrogen-bond donors (Lipinski definition) is 1. The fraction of sp³-hybridized carbons (Fsp3) is 1.00. The summed E-state index contributed by atoms with van der Waals surface area (Å²) in [6.07, 6.45) is 2.01. The summed E-state index contributed by atoms with van der Waals surface area (Å²) in [7, 11) is 1.80. The highest BCUT2D eigenvalue weighted by molar-refractivity contribution is 4.80. The second-order valence-corrected chi connectivity index (χ2v) is 4.21. The van der Waals surface area contributed by atoms with Crippen molar-refractivity contribution in [2.75, 3.05) is 13.6 Å². The number of nitrogens with one attached hydrogen (secondary N) is 1. The number of hydrogen-bond acceptors (Lipinski definition) is 1. The summed E-state index contributed by atoms with van der Waals surface area (Å²) in [4.78, 5) is 0. The lowest BCUT2D eigenvalue weighted by molar-refractivity contribution is -0.102. The third-order valence-electron chi connectivity index (χ3n) is 2.69. The third kappa shape index (κ3) is 3.91. The molecule has 0 aromatic heterocycles. The maximum Gasteiger partial charge on any atom is 0.253 e. The first kappa shape index (κ1) is 13.8. The molecule has 0 fully saturated rings. The monoisotopic (exact) mass is 207 g/mol. The molecule has 0 aromatic rings. The van der Waals surface area contributed by atoms with E-state index in [1.807, 2.05) is 6.92 Å². The fourth-order valence-corrected chi connectivity index (χ4v) is 1.67. The zero-order chi connectivity index (χ0) is 11.2. The highest BCUT2D eigenvalue weighted by Crippen LogP contribution is 2.37. The number of halogens is 2. The van der Waals surface area contributed by atoms with Gasteiger partial charge in [0, 0.05) is 11.8 Å². The first-order chi connectivity index (χ1) is 6.46. The van der Waals surface area contributed by atoms with Crippen molar-refractivity contribution in [1.82, 2.24) is 5.32 Å². The van der Waals surface area contributed by atoms with Crippen molar-refractivity contribution >= 4 is 0 Å². The van der Waals surface area contributed by atoms with Gasteiger partial charge in [-0.3, -0.25) is 0 Å². The van der Waals surface area contributed by atoms with Gasteiger partial charge in [0.25, 0.3) is 5.92 Å². The Bertz CT molecular complexity index is 146. The van der Waals surface area contributed by atoms with Crippen LogP contribution in [0, 0.1) is 11.8 Å². The number of rotatable bonds is 7. The lowest BCUT2D eigenvalue weighted by Gasteiger charge is -2.30. The van der Waals surface area contributed by atoms with Crippen LogP contribution in [0.3, 0.4) is 0 Å². The van der Waals surface area contributed by atoms with E-state index < -0.39 is 17.8 Å². The molecule has 0 rings (SSSR count). The summed E-state index contributed by atoms with van der Waals surface area (Å²) in [6.45, 7) is 5.83. The van der Waals surface area contributed by atoms with Crippen LogP contribution in [0.4, 0.5) is 8.78 Å². The average molecular weight is 207 g/mol. The van der Waals surface area contributed by atoms with Crippen LogP contribution in [0.5, 0.6) is 0 Å². The molecule has 14 heavy (non-hydrogen) atoms. The Hall–Kier alpha value is -0.180. The Morgan fingerprint density at radius 2 is 1.79 bits per heavy atom. The second kappa shape index (κ2) is 6.33. The molecular weight excluding hydrogens is 184 g/mol. The van der Waals surface area contributed by atoms with Crippen molar-refractivity contribution < 1.29 is 8.78 Å². The van der Waals surface area contributed by atoms with Crippen LogP contribution < -0.4 is 5.32 Å². The van der Waals surface area contributed by atoms with E-state index in [0.717, 1.165) is 6.42 Å². The quantitative estimate of drug-likeness (QED) is 0.675. The molecule has 1 atom stereocenters. The van der Waals surface area contributed by atoms with Gasteiger partial charge < -0.3 is 5.32 Å². The smallest absolute Gasteiger partial charge is 0.253 e. The summed E-state index contributed by atoms with van der Waals surface area (Å²) < 4.78 is 27.4. The molecule has 0 spiro atoms. The van der Waals surface area contributed by atoms with Crippen LogP contribution in [0.2, 0.25) is 0 Å². The van der Waals surface area contributed by atoms with Gasteiger partial charge in [-0.15, -0.1) is 0 Å². The molecule has 1 unspecified atom stereocenters. The average Bonchev–Trinajstić information content (AvgIpc) is 2.11. The maximum absolute atomic E-state index is 13.7. The highest BCUT2D eigenvalue weighted by Gasteiger charge is 2.41. The van der Waals surface area contributed by atoms with Crippen LogP contribution in [0.15, 0.2) is 0 Å². The van der Waals surface area contributed by atoms with E-state index in [2.05, 4.69) is 5.32 Å². The standard InChI is InChI=1S/C11H23F2N/c1-5-6-10(7-8-14-4)11(12,13)9(2)3/h9-10,14H,5-8H2,1-4H3. The van der Waals surface area contributed by atoms with Gasteiger partial charge in [0.15, 0.2) is 0 Å². The van der Waals surface area contributed by atoms with Gasteiger partial charge >= 0.3 is 0 Å². The molecule has 0 aromatic carbocycles. The van der Waals surface area contributed by atoms with Gasteiger partial charge in [0.1, 0.15) is 0 Å². The van der Waals surface area contributed by atoms with Crippen molar-refractivity contribution in [2.45, 2.75) is 46.0 Å². The molecule has 0 bridgehead atoms. The molecule has 0 radical (unpaired) electrons. The molecule has 1 N–H and O–H groups in total. The topological polar surface area (TPSA) is 12.0 Å². The molecule has 1 nitrogen and oxygen atoms in total. The molecule has 86 valence electrons. The molecule has 0 aliphatic carbocycles. The van der Waals surface area contributed by atoms with Gasteiger partial charge in [0.2, 0.25) is 0 Å². The van der Waals surface area contributed by atoms with Crippen molar-refractivity contribution in [2.24, 2.45) is 11.8 Å². The molecule has 0 aliphatic heterocycles. The summed E-state index contributed by atoms with van der Waals surface area (Å²) >= 11 is 0. The zero-order valence-corrected chi connectivity index (χ0v) is 9.74. The molecule has 0 aliphatic rings. The van der Waals surface area contributed by atoms with Crippen LogP contribution in [-0.4, -0.2) is 19.5 Å². The van der Waals surface area contributed by atoms with E-state index in [4.69, 9.17) is 0 Å². The lowest BCUT2D eigenvalue weighted by atomic mass is 9.86. The van der Waals surface area contributed by atoms with Crippen LogP contribution in [-0.2, 0) is 0 Å². The Morgan fingerprint density at radius 1 is 1.21 bits per heavy atom. The lowest BCUT2D eigenvalue weighted by Crippen LogP contribution is -2.35. The first-order valence-electron chi connectivity index (χ1n) is 5.49. The van der Waals surface area contributed by atoms with Gasteiger partial charge in [-0.05, 0) is 26.4 Å². The Morgan fingerprint density at radius 3 is 2.14 bits per heavy atom. The highest BCUT2D eigenvalue weighted by atomic mass is 19.3. The van der Waals surface area contributed by atoms with E-state index >= 15 is 0 Å². The summed E-state index contributed by atoms with van der Waals surface area (Å²) in [6, 6.07) is 0. The number of alkyl halides is 2. The largest absolute Gasteiger partial charge is 0.320 e. The van der Waals surface area contributed by atoms with Crippen molar-refractivity contribution in [3.05, 3.63) is 0 Å². The van der Waals surface area contributed by atoms with E-state index in [9.17, 15) is 8.78 Å². The van der Waals surface area contributed by atoms with Crippen molar-refractivity contribution in [1.29, 1.82) is 0 Å². The SMILES string of the molecule is CCCC(CCNC)C(F)(F)C(C)C. The van der Waals surface area contributed by atoms with Gasteiger partial charge in [0.05, 0.1) is 0 Å². The van der Waals surface area contributed by atoms with E-state index in [-0.39, 0.29) is 0 Å². The normalized spacial score (nSPS) is 14.8. The van der Waals surface area contributed by atoms with Crippen LogP contribution in [0.1, 0.15) is 40.0 Å². The fourth-order valence-electron chi connectivity index (χ4n) is 1.67. The van der Waals surface area contributed by atoms with E-state index in [0.29, 0.717) is 19.4 Å². The zero-order valence-electron chi connectivity index (χ0n) is 9.74. The van der Waals surface area contributed by atoms with Crippen molar-refractivity contribution in [3.63, 3.8) is 0 Å². The van der Waals surface area contributed by atoms with Crippen LogP contribution in [0.25, 0.3) is 0 Å².